The molecule has 4 aliphatic rings. The maximum absolute atomic E-state index is 13.5. The first kappa shape index (κ1) is 32.4. The zero-order valence-electron chi connectivity index (χ0n) is 26.4. The SMILES string of the molecule is CO[C@H]1/C=C/[C@H](C[C@@H](C)O)C[C@@H](C)S(=O)(=O)NC(=O)c2ccc3c(c2)N(C[C@@H]2CC[C@H]21)C[C@@]1(CCCc2cc(Cl)ccc21)CO3. The highest BCUT2D eigenvalue weighted by molar-refractivity contribution is 7.90. The van der Waals surface area contributed by atoms with Crippen molar-refractivity contribution >= 4 is 33.2 Å². The van der Waals surface area contributed by atoms with Crippen molar-refractivity contribution in [3.63, 3.8) is 0 Å². The quantitative estimate of drug-likeness (QED) is 0.412. The lowest BCUT2D eigenvalue weighted by Crippen LogP contribution is -2.49. The van der Waals surface area contributed by atoms with Gasteiger partial charge in [0.05, 0.1) is 29.8 Å². The molecule has 10 heteroatoms. The van der Waals surface area contributed by atoms with E-state index >= 15 is 0 Å². The van der Waals surface area contributed by atoms with Crippen molar-refractivity contribution in [2.45, 2.75) is 81.7 Å². The Morgan fingerprint density at radius 3 is 2.76 bits per heavy atom. The Bertz CT molecular complexity index is 1560. The number of hydrogen-bond donors (Lipinski definition) is 2. The van der Waals surface area contributed by atoms with Crippen LogP contribution in [0.15, 0.2) is 48.6 Å². The van der Waals surface area contributed by atoms with Crippen LogP contribution >= 0.6 is 11.6 Å². The van der Waals surface area contributed by atoms with Crippen molar-refractivity contribution in [3.05, 3.63) is 70.3 Å². The van der Waals surface area contributed by atoms with E-state index in [1.54, 1.807) is 39.2 Å². The van der Waals surface area contributed by atoms with Gasteiger partial charge in [0.1, 0.15) is 5.75 Å². The zero-order chi connectivity index (χ0) is 31.9. The topological polar surface area (TPSA) is 105 Å². The fourth-order valence-corrected chi connectivity index (χ4v) is 9.26. The molecule has 244 valence electrons. The van der Waals surface area contributed by atoms with Gasteiger partial charge in [-0.25, -0.2) is 13.1 Å². The van der Waals surface area contributed by atoms with E-state index in [-0.39, 0.29) is 29.4 Å². The average molecular weight is 657 g/mol. The molecule has 1 amide bonds. The van der Waals surface area contributed by atoms with Gasteiger partial charge in [-0.3, -0.25) is 4.79 Å². The summed E-state index contributed by atoms with van der Waals surface area (Å²) in [4.78, 5) is 15.8. The van der Waals surface area contributed by atoms with E-state index in [1.807, 2.05) is 12.1 Å². The molecule has 0 saturated heterocycles. The molecule has 2 aliphatic heterocycles. The third-order valence-corrected chi connectivity index (χ3v) is 12.5. The van der Waals surface area contributed by atoms with Crippen molar-refractivity contribution < 1.29 is 27.8 Å². The first-order valence-corrected chi connectivity index (χ1v) is 18.2. The zero-order valence-corrected chi connectivity index (χ0v) is 27.9. The summed E-state index contributed by atoms with van der Waals surface area (Å²) in [6.45, 7) is 5.30. The average Bonchev–Trinajstić information content (AvgIpc) is 3.13. The number of benzene rings is 2. The lowest BCUT2D eigenvalue weighted by atomic mass is 9.68. The van der Waals surface area contributed by atoms with Crippen LogP contribution < -0.4 is 14.4 Å². The number of ether oxygens (including phenoxy) is 2. The second kappa shape index (κ2) is 12.9. The van der Waals surface area contributed by atoms with Crippen LogP contribution in [0.4, 0.5) is 5.69 Å². The monoisotopic (exact) mass is 656 g/mol. The number of nitrogens with zero attached hydrogens (tertiary/aromatic N) is 1. The molecular weight excluding hydrogens is 612 g/mol. The Balaban J connectivity index is 1.42. The molecule has 8 nitrogen and oxygen atoms in total. The van der Waals surface area contributed by atoms with E-state index in [9.17, 15) is 18.3 Å². The van der Waals surface area contributed by atoms with E-state index in [1.165, 1.54) is 11.1 Å². The van der Waals surface area contributed by atoms with Gasteiger partial charge in [-0.15, -0.1) is 0 Å². The van der Waals surface area contributed by atoms with Gasteiger partial charge in [0.2, 0.25) is 10.0 Å². The van der Waals surface area contributed by atoms with Gasteiger partial charge in [-0.2, -0.15) is 0 Å². The number of rotatable bonds is 3. The number of carbonyl (C=O) groups is 1. The van der Waals surface area contributed by atoms with Crippen molar-refractivity contribution in [2.24, 2.45) is 17.8 Å². The number of nitrogens with one attached hydrogen (secondary N) is 1. The van der Waals surface area contributed by atoms with Gasteiger partial charge < -0.3 is 19.5 Å². The number of hydrogen-bond acceptors (Lipinski definition) is 7. The lowest BCUT2D eigenvalue weighted by molar-refractivity contribution is 0.0129. The predicted molar refractivity (Wildman–Crippen MR) is 177 cm³/mol. The summed E-state index contributed by atoms with van der Waals surface area (Å²) in [6, 6.07) is 11.4. The molecule has 0 radical (unpaired) electrons. The third kappa shape index (κ3) is 6.64. The molecule has 45 heavy (non-hydrogen) atoms. The van der Waals surface area contributed by atoms with E-state index < -0.39 is 27.3 Å². The minimum Gasteiger partial charge on any atom is -0.490 e. The molecule has 2 heterocycles. The van der Waals surface area contributed by atoms with Crippen LogP contribution in [0.3, 0.4) is 0 Å². The summed E-state index contributed by atoms with van der Waals surface area (Å²) in [5, 5.41) is 10.1. The van der Waals surface area contributed by atoms with Gasteiger partial charge in [-0.05, 0) is 118 Å². The summed E-state index contributed by atoms with van der Waals surface area (Å²) >= 11 is 6.42. The number of allylic oxidation sites excluding steroid dienone is 1. The molecule has 2 aromatic carbocycles. The molecule has 2 aliphatic carbocycles. The summed E-state index contributed by atoms with van der Waals surface area (Å²) in [5.41, 5.74) is 3.36. The van der Waals surface area contributed by atoms with Crippen LogP contribution in [-0.4, -0.2) is 63.7 Å². The van der Waals surface area contributed by atoms with Gasteiger partial charge in [-0.1, -0.05) is 29.8 Å². The van der Waals surface area contributed by atoms with Crippen LogP contribution in [0.1, 0.15) is 73.9 Å². The molecule has 0 aromatic heterocycles. The maximum atomic E-state index is 13.5. The normalized spacial score (nSPS) is 32.6. The van der Waals surface area contributed by atoms with Crippen LogP contribution in [0.5, 0.6) is 5.75 Å². The second-order valence-corrected chi connectivity index (χ2v) is 16.3. The van der Waals surface area contributed by atoms with Gasteiger partial charge in [0, 0.05) is 36.2 Å². The molecule has 6 rings (SSSR count). The number of methoxy groups -OCH3 is 1. The Hall–Kier alpha value is -2.59. The van der Waals surface area contributed by atoms with E-state index in [0.717, 1.165) is 49.4 Å². The fourth-order valence-electron chi connectivity index (χ4n) is 7.99. The molecule has 1 fully saturated rings. The minimum absolute atomic E-state index is 0.125. The van der Waals surface area contributed by atoms with Crippen LogP contribution in [0, 0.1) is 17.8 Å². The van der Waals surface area contributed by atoms with Crippen molar-refractivity contribution in [2.75, 3.05) is 31.7 Å². The predicted octanol–water partition coefficient (Wildman–Crippen LogP) is 5.65. The smallest absolute Gasteiger partial charge is 0.264 e. The summed E-state index contributed by atoms with van der Waals surface area (Å²) in [7, 11) is -2.25. The molecule has 0 unspecified atom stereocenters. The number of carbonyl (C=O) groups excluding carboxylic acids is 1. The van der Waals surface area contributed by atoms with Crippen molar-refractivity contribution in [1.29, 1.82) is 0 Å². The first-order chi connectivity index (χ1) is 21.5. The number of aryl methyl sites for hydroxylation is 1. The Labute approximate surface area is 272 Å². The minimum atomic E-state index is -3.99. The Morgan fingerprint density at radius 2 is 2.02 bits per heavy atom. The highest BCUT2D eigenvalue weighted by Gasteiger charge is 2.44. The van der Waals surface area contributed by atoms with E-state index in [2.05, 4.69) is 27.8 Å². The van der Waals surface area contributed by atoms with Crippen LogP contribution in [0.25, 0.3) is 0 Å². The Morgan fingerprint density at radius 1 is 1.20 bits per heavy atom. The lowest BCUT2D eigenvalue weighted by Gasteiger charge is -2.46. The number of aliphatic hydroxyl groups excluding tert-OH is 1. The Kier molecular flexibility index (Phi) is 9.27. The van der Waals surface area contributed by atoms with Crippen molar-refractivity contribution in [1.82, 2.24) is 4.72 Å². The van der Waals surface area contributed by atoms with E-state index in [4.69, 9.17) is 21.1 Å². The fraction of sp³-hybridized carbons (Fsp3) is 0.571. The number of amides is 1. The number of aliphatic hydroxyl groups is 1. The summed E-state index contributed by atoms with van der Waals surface area (Å²) in [6.07, 6.45) is 9.12. The van der Waals surface area contributed by atoms with E-state index in [0.29, 0.717) is 37.2 Å². The number of halogens is 1. The third-order valence-electron chi connectivity index (χ3n) is 10.5. The molecule has 7 atom stereocenters. The number of fused-ring (bicyclic) bond motifs is 4. The largest absolute Gasteiger partial charge is 0.490 e. The summed E-state index contributed by atoms with van der Waals surface area (Å²) < 4.78 is 41.7. The first-order valence-electron chi connectivity index (χ1n) is 16.2. The number of sulfonamides is 1. The van der Waals surface area contributed by atoms with Gasteiger partial charge in [0.25, 0.3) is 5.91 Å². The molecule has 2 aromatic rings. The van der Waals surface area contributed by atoms with Gasteiger partial charge >= 0.3 is 0 Å². The number of anilines is 1. The summed E-state index contributed by atoms with van der Waals surface area (Å²) in [5.74, 6) is 0.499. The highest BCUT2D eigenvalue weighted by atomic mass is 35.5. The molecular formula is C35H45ClN2O6S. The second-order valence-electron chi connectivity index (χ2n) is 13.7. The van der Waals surface area contributed by atoms with Crippen LogP contribution in [0.2, 0.25) is 5.02 Å². The molecule has 1 saturated carbocycles. The standard InChI is InChI=1S/C35H45ClN2O6S/c1-22(39)15-24-6-12-32(43-3)29-10-7-27(29)19-38-20-35(14-4-5-25-17-28(36)9-11-30(25)35)21-44-33-13-8-26(18-31(33)38)34(40)37-45(41,42)23(2)16-24/h6,8-9,11-13,17-18,22-24,27,29,32,39H,4-5,7,10,14-16,19-21H2,1-3H3,(H,37,40)/b12-6+/t22-,23-,24-,27+,29-,32+,35+/m1/s1. The van der Waals surface area contributed by atoms with Gasteiger partial charge in [0.15, 0.2) is 0 Å². The highest BCUT2D eigenvalue weighted by Crippen LogP contribution is 2.47. The van der Waals surface area contributed by atoms with Crippen LogP contribution in [-0.2, 0) is 26.6 Å². The molecule has 2 bridgehead atoms. The molecule has 1 spiro atoms. The maximum Gasteiger partial charge on any atom is 0.264 e. The van der Waals surface area contributed by atoms with Crippen molar-refractivity contribution in [3.8, 4) is 5.75 Å². The molecule has 2 N–H and O–H groups in total.